The fraction of sp³-hybridized carbons (Fsp3) is 1.00. The zero-order valence-electron chi connectivity index (χ0n) is 8.57. The molecular weight excluding hydrogens is 190 g/mol. The lowest BCUT2D eigenvalue weighted by atomic mass is 10.0. The minimum absolute atomic E-state index is 1.17. The number of hydrogen-bond donors (Lipinski definition) is 5. The molecule has 0 aliphatic heterocycles. The van der Waals surface area contributed by atoms with E-state index in [1.165, 1.54) is 25.9 Å². The van der Waals surface area contributed by atoms with Crippen LogP contribution >= 0.6 is 0 Å². The van der Waals surface area contributed by atoms with Gasteiger partial charge in [0.1, 0.15) is 24.5 Å². The van der Waals surface area contributed by atoms with Gasteiger partial charge in [0.15, 0.2) is 0 Å². The Balaban J connectivity index is 4.30. The van der Waals surface area contributed by atoms with Crippen LogP contribution in [0, 0.1) is 0 Å². The van der Waals surface area contributed by atoms with Crippen LogP contribution in [0.4, 0.5) is 0 Å². The summed E-state index contributed by atoms with van der Waals surface area (Å²) in [6.07, 6.45) is -7.07. The molecule has 6 nitrogen and oxygen atoms in total. The number of nitrogens with zero attached hydrogens (tertiary/aromatic N) is 1. The van der Waals surface area contributed by atoms with E-state index in [2.05, 4.69) is 0 Å². The Morgan fingerprint density at radius 1 is 0.786 bits per heavy atom. The molecule has 5 N–H and O–H groups in total. The molecule has 0 radical (unpaired) electrons. The molecule has 0 saturated carbocycles. The second kappa shape index (κ2) is 5.59. The fourth-order valence-corrected chi connectivity index (χ4v) is 0.969. The van der Waals surface area contributed by atoms with Crippen molar-refractivity contribution in [3.8, 4) is 0 Å². The van der Waals surface area contributed by atoms with E-state index in [1.54, 1.807) is 0 Å². The first-order chi connectivity index (χ1) is 6.29. The molecule has 0 rings (SSSR count). The predicted octanol–water partition coefficient (Wildman–Crippen LogP) is -2.67. The first kappa shape index (κ1) is 13.8. The lowest BCUT2D eigenvalue weighted by molar-refractivity contribution is -0.157. The van der Waals surface area contributed by atoms with Gasteiger partial charge in [-0.15, -0.1) is 0 Å². The van der Waals surface area contributed by atoms with E-state index in [-0.39, 0.29) is 0 Å². The lowest BCUT2D eigenvalue weighted by Gasteiger charge is -2.30. The summed E-state index contributed by atoms with van der Waals surface area (Å²) in [5.41, 5.74) is 0. The Morgan fingerprint density at radius 3 is 1.50 bits per heavy atom. The Hall–Kier alpha value is -0.240. The third-order valence-electron chi connectivity index (χ3n) is 2.03. The van der Waals surface area contributed by atoms with Crippen molar-refractivity contribution in [2.45, 2.75) is 37.6 Å². The molecule has 0 heterocycles. The van der Waals surface area contributed by atoms with E-state index in [4.69, 9.17) is 5.11 Å². The number of hydrogen-bond acceptors (Lipinski definition) is 6. The van der Waals surface area contributed by atoms with Crippen LogP contribution in [0.2, 0.25) is 0 Å². The van der Waals surface area contributed by atoms with Gasteiger partial charge in [-0.2, -0.15) is 0 Å². The smallest absolute Gasteiger partial charge is 0.135 e. The van der Waals surface area contributed by atoms with Gasteiger partial charge >= 0.3 is 0 Å². The SMILES string of the molecule is CC(O)C(O)C(O)C(O)C(O)N(C)C. The Kier molecular flexibility index (Phi) is 5.50. The van der Waals surface area contributed by atoms with Crippen molar-refractivity contribution in [1.29, 1.82) is 0 Å². The van der Waals surface area contributed by atoms with E-state index in [1.807, 2.05) is 0 Å². The summed E-state index contributed by atoms with van der Waals surface area (Å²) in [6.45, 7) is 1.28. The van der Waals surface area contributed by atoms with Gasteiger partial charge in [-0.05, 0) is 21.0 Å². The third kappa shape index (κ3) is 3.49. The van der Waals surface area contributed by atoms with Crippen molar-refractivity contribution < 1.29 is 25.5 Å². The topological polar surface area (TPSA) is 104 Å². The zero-order chi connectivity index (χ0) is 11.5. The van der Waals surface area contributed by atoms with Gasteiger partial charge in [-0.1, -0.05) is 0 Å². The van der Waals surface area contributed by atoms with Crippen molar-refractivity contribution in [2.75, 3.05) is 14.1 Å². The van der Waals surface area contributed by atoms with Crippen LogP contribution < -0.4 is 0 Å². The molecule has 0 aromatic heterocycles. The summed E-state index contributed by atoms with van der Waals surface area (Å²) < 4.78 is 0. The minimum atomic E-state index is -1.59. The molecule has 0 aromatic rings. The van der Waals surface area contributed by atoms with E-state index in [9.17, 15) is 20.4 Å². The van der Waals surface area contributed by atoms with E-state index >= 15 is 0 Å². The molecular formula is C8H19NO5. The largest absolute Gasteiger partial charge is 0.391 e. The maximum absolute atomic E-state index is 9.36. The number of aliphatic hydroxyl groups is 5. The maximum Gasteiger partial charge on any atom is 0.135 e. The Morgan fingerprint density at radius 2 is 1.21 bits per heavy atom. The molecule has 0 aliphatic carbocycles. The van der Waals surface area contributed by atoms with Gasteiger partial charge < -0.3 is 25.5 Å². The third-order valence-corrected chi connectivity index (χ3v) is 2.03. The summed E-state index contributed by atoms with van der Waals surface area (Å²) in [4.78, 5) is 1.28. The van der Waals surface area contributed by atoms with Crippen molar-refractivity contribution in [3.63, 3.8) is 0 Å². The Bertz CT molecular complexity index is 146. The molecule has 14 heavy (non-hydrogen) atoms. The first-order valence-electron chi connectivity index (χ1n) is 4.35. The van der Waals surface area contributed by atoms with Crippen LogP contribution in [-0.2, 0) is 0 Å². The minimum Gasteiger partial charge on any atom is -0.391 e. The fourth-order valence-electron chi connectivity index (χ4n) is 0.969. The summed E-state index contributed by atoms with van der Waals surface area (Å²) >= 11 is 0. The van der Waals surface area contributed by atoms with E-state index in [0.717, 1.165) is 0 Å². The second-order valence-corrected chi connectivity index (χ2v) is 3.59. The standard InChI is InChI=1S/C8H19NO5/c1-4(10)5(11)6(12)7(13)8(14)9(2)3/h4-8,10-14H,1-3H3. The first-order valence-corrected chi connectivity index (χ1v) is 4.35. The highest BCUT2D eigenvalue weighted by Gasteiger charge is 2.33. The summed E-state index contributed by atoms with van der Waals surface area (Å²) in [5.74, 6) is 0. The quantitative estimate of drug-likeness (QED) is 0.316. The van der Waals surface area contributed by atoms with Gasteiger partial charge in [0.2, 0.25) is 0 Å². The van der Waals surface area contributed by atoms with Crippen molar-refractivity contribution in [1.82, 2.24) is 4.90 Å². The monoisotopic (exact) mass is 209 g/mol. The summed E-state index contributed by atoms with van der Waals surface area (Å²) in [5, 5.41) is 46.2. The van der Waals surface area contributed by atoms with Gasteiger partial charge in [0.25, 0.3) is 0 Å². The average molecular weight is 209 g/mol. The molecule has 86 valence electrons. The predicted molar refractivity (Wildman–Crippen MR) is 49.4 cm³/mol. The summed E-state index contributed by atoms with van der Waals surface area (Å²) in [6, 6.07) is 0. The Labute approximate surface area is 83.0 Å². The average Bonchev–Trinajstić information content (AvgIpc) is 2.12. The molecule has 0 bridgehead atoms. The molecule has 0 saturated heterocycles. The molecule has 0 fully saturated rings. The lowest BCUT2D eigenvalue weighted by Crippen LogP contribution is -2.52. The summed E-state index contributed by atoms with van der Waals surface area (Å²) in [7, 11) is 3.02. The van der Waals surface area contributed by atoms with E-state index in [0.29, 0.717) is 0 Å². The molecule has 6 heteroatoms. The van der Waals surface area contributed by atoms with Crippen LogP contribution in [0.15, 0.2) is 0 Å². The number of aliphatic hydroxyl groups excluding tert-OH is 5. The highest BCUT2D eigenvalue weighted by Crippen LogP contribution is 2.09. The number of rotatable bonds is 5. The van der Waals surface area contributed by atoms with Crippen LogP contribution in [0.5, 0.6) is 0 Å². The molecule has 0 aliphatic rings. The van der Waals surface area contributed by atoms with Gasteiger partial charge in [-0.3, -0.25) is 4.90 Å². The second-order valence-electron chi connectivity index (χ2n) is 3.59. The highest BCUT2D eigenvalue weighted by molar-refractivity contribution is 4.82. The maximum atomic E-state index is 9.36. The molecule has 5 atom stereocenters. The van der Waals surface area contributed by atoms with Crippen molar-refractivity contribution in [3.05, 3.63) is 0 Å². The van der Waals surface area contributed by atoms with Gasteiger partial charge in [0.05, 0.1) is 6.10 Å². The van der Waals surface area contributed by atoms with Crippen LogP contribution in [0.1, 0.15) is 6.92 Å². The van der Waals surface area contributed by atoms with Crippen molar-refractivity contribution in [2.24, 2.45) is 0 Å². The molecule has 0 amide bonds. The van der Waals surface area contributed by atoms with Crippen LogP contribution in [0.3, 0.4) is 0 Å². The molecule has 0 aromatic carbocycles. The van der Waals surface area contributed by atoms with Gasteiger partial charge in [0, 0.05) is 0 Å². The molecule has 0 spiro atoms. The van der Waals surface area contributed by atoms with Crippen LogP contribution in [0.25, 0.3) is 0 Å². The number of likely N-dealkylation sites (N-methyl/N-ethyl adjacent to an activating group) is 1. The van der Waals surface area contributed by atoms with E-state index < -0.39 is 30.6 Å². The molecule has 5 unspecified atom stereocenters. The van der Waals surface area contributed by atoms with Crippen molar-refractivity contribution >= 4 is 0 Å². The van der Waals surface area contributed by atoms with Gasteiger partial charge in [-0.25, -0.2) is 0 Å². The zero-order valence-corrected chi connectivity index (χ0v) is 8.57. The highest BCUT2D eigenvalue weighted by atomic mass is 16.4. The van der Waals surface area contributed by atoms with Crippen LogP contribution in [-0.4, -0.2) is 75.2 Å². The normalized spacial score (nSPS) is 22.9.